The van der Waals surface area contributed by atoms with Gasteiger partial charge in [0.1, 0.15) is 0 Å². The molecule has 0 aromatic rings. The van der Waals surface area contributed by atoms with Crippen LogP contribution in [-0.2, 0) is 10.0 Å². The fourth-order valence-electron chi connectivity index (χ4n) is 2.06. The van der Waals surface area contributed by atoms with Crippen molar-refractivity contribution in [3.63, 3.8) is 0 Å². The van der Waals surface area contributed by atoms with E-state index in [0.717, 1.165) is 38.9 Å². The van der Waals surface area contributed by atoms with E-state index in [1.807, 2.05) is 14.1 Å². The maximum atomic E-state index is 11.8. The molecule has 102 valence electrons. The Kier molecular flexibility index (Phi) is 6.40. The molecule has 0 saturated carbocycles. The first-order chi connectivity index (χ1) is 7.99. The van der Waals surface area contributed by atoms with Gasteiger partial charge in [-0.15, -0.1) is 0 Å². The zero-order chi connectivity index (χ0) is 12.7. The lowest BCUT2D eigenvalue weighted by molar-refractivity contribution is 0.395. The molecule has 1 atom stereocenters. The summed E-state index contributed by atoms with van der Waals surface area (Å²) in [4.78, 5) is 2.05. The van der Waals surface area contributed by atoms with Crippen molar-refractivity contribution >= 4 is 10.0 Å². The van der Waals surface area contributed by atoms with Gasteiger partial charge in [-0.05, 0) is 58.9 Å². The lowest BCUT2D eigenvalue weighted by Crippen LogP contribution is -2.38. The minimum atomic E-state index is -3.09. The number of hydrogen-bond acceptors (Lipinski definition) is 4. The van der Waals surface area contributed by atoms with Gasteiger partial charge in [0.2, 0.25) is 10.0 Å². The zero-order valence-electron chi connectivity index (χ0n) is 10.9. The highest BCUT2D eigenvalue weighted by Crippen LogP contribution is 2.11. The number of piperidine rings is 1. The summed E-state index contributed by atoms with van der Waals surface area (Å²) in [5.41, 5.74) is 0. The molecular weight excluding hydrogens is 238 g/mol. The molecule has 0 aliphatic carbocycles. The first kappa shape index (κ1) is 14.9. The molecule has 5 nitrogen and oxygen atoms in total. The van der Waals surface area contributed by atoms with Crippen LogP contribution in [0.2, 0.25) is 0 Å². The fraction of sp³-hybridized carbons (Fsp3) is 1.00. The summed E-state index contributed by atoms with van der Waals surface area (Å²) in [6.45, 7) is 3.31. The van der Waals surface area contributed by atoms with Crippen LogP contribution in [0.25, 0.3) is 0 Å². The number of rotatable bonds is 7. The quantitative estimate of drug-likeness (QED) is 0.628. The number of hydrogen-bond donors (Lipinski definition) is 2. The molecule has 1 rings (SSSR count). The van der Waals surface area contributed by atoms with Gasteiger partial charge in [0.05, 0.1) is 5.75 Å². The van der Waals surface area contributed by atoms with Gasteiger partial charge in [-0.25, -0.2) is 13.1 Å². The largest absolute Gasteiger partial charge is 0.316 e. The van der Waals surface area contributed by atoms with Gasteiger partial charge < -0.3 is 10.2 Å². The Morgan fingerprint density at radius 3 is 2.76 bits per heavy atom. The van der Waals surface area contributed by atoms with E-state index >= 15 is 0 Å². The van der Waals surface area contributed by atoms with Crippen LogP contribution in [0.1, 0.15) is 19.3 Å². The fourth-order valence-corrected chi connectivity index (χ4v) is 3.54. The van der Waals surface area contributed by atoms with Crippen LogP contribution in [0.4, 0.5) is 0 Å². The standard InChI is InChI=1S/C11H25N3O2S/c1-14(2)8-4-7-13-17(15,16)10-11-5-3-6-12-9-11/h11-13H,3-10H2,1-2H3. The summed E-state index contributed by atoms with van der Waals surface area (Å²) in [5.74, 6) is 0.539. The molecule has 17 heavy (non-hydrogen) atoms. The molecule has 6 heteroatoms. The molecule has 0 bridgehead atoms. The highest BCUT2D eigenvalue weighted by molar-refractivity contribution is 7.89. The van der Waals surface area contributed by atoms with Gasteiger partial charge in [0, 0.05) is 6.54 Å². The van der Waals surface area contributed by atoms with E-state index in [4.69, 9.17) is 0 Å². The van der Waals surface area contributed by atoms with Crippen LogP contribution in [-0.4, -0.2) is 59.3 Å². The van der Waals surface area contributed by atoms with Crippen LogP contribution < -0.4 is 10.0 Å². The van der Waals surface area contributed by atoms with Gasteiger partial charge in [-0.2, -0.15) is 0 Å². The monoisotopic (exact) mass is 263 g/mol. The number of sulfonamides is 1. The van der Waals surface area contributed by atoms with Crippen molar-refractivity contribution < 1.29 is 8.42 Å². The Labute approximate surface area is 105 Å². The van der Waals surface area contributed by atoms with Crippen molar-refractivity contribution in [1.82, 2.24) is 14.9 Å². The van der Waals surface area contributed by atoms with E-state index in [2.05, 4.69) is 14.9 Å². The molecule has 1 unspecified atom stereocenters. The molecule has 0 amide bonds. The molecule has 1 heterocycles. The Bertz CT molecular complexity index is 298. The highest BCUT2D eigenvalue weighted by Gasteiger charge is 2.20. The van der Waals surface area contributed by atoms with E-state index in [0.29, 0.717) is 6.54 Å². The summed E-state index contributed by atoms with van der Waals surface area (Å²) in [7, 11) is 0.889. The minimum absolute atomic E-state index is 0.266. The van der Waals surface area contributed by atoms with Crippen molar-refractivity contribution in [2.45, 2.75) is 19.3 Å². The minimum Gasteiger partial charge on any atom is -0.316 e. The summed E-state index contributed by atoms with van der Waals surface area (Å²) < 4.78 is 26.3. The summed E-state index contributed by atoms with van der Waals surface area (Å²) in [5, 5.41) is 3.24. The summed E-state index contributed by atoms with van der Waals surface area (Å²) in [6.07, 6.45) is 2.96. The van der Waals surface area contributed by atoms with Gasteiger partial charge in [0.15, 0.2) is 0 Å². The molecule has 0 radical (unpaired) electrons. The van der Waals surface area contributed by atoms with Crippen LogP contribution in [0.5, 0.6) is 0 Å². The Hall–Kier alpha value is -0.170. The van der Waals surface area contributed by atoms with Crippen molar-refractivity contribution in [2.24, 2.45) is 5.92 Å². The lowest BCUT2D eigenvalue weighted by atomic mass is 10.0. The third kappa shape index (κ3) is 6.98. The first-order valence-electron chi connectivity index (χ1n) is 6.32. The molecule has 1 fully saturated rings. The van der Waals surface area contributed by atoms with E-state index in [9.17, 15) is 8.42 Å². The van der Waals surface area contributed by atoms with E-state index in [-0.39, 0.29) is 11.7 Å². The summed E-state index contributed by atoms with van der Waals surface area (Å²) in [6, 6.07) is 0. The van der Waals surface area contributed by atoms with Crippen LogP contribution in [0.15, 0.2) is 0 Å². The maximum absolute atomic E-state index is 11.8. The first-order valence-corrected chi connectivity index (χ1v) is 7.97. The van der Waals surface area contributed by atoms with E-state index < -0.39 is 10.0 Å². The average Bonchev–Trinajstić information content (AvgIpc) is 2.25. The van der Waals surface area contributed by atoms with Crippen molar-refractivity contribution in [3.05, 3.63) is 0 Å². The van der Waals surface area contributed by atoms with Crippen molar-refractivity contribution in [2.75, 3.05) is 46.0 Å². The van der Waals surface area contributed by atoms with Crippen LogP contribution in [0.3, 0.4) is 0 Å². The molecule has 1 aliphatic rings. The average molecular weight is 263 g/mol. The highest BCUT2D eigenvalue weighted by atomic mass is 32.2. The van der Waals surface area contributed by atoms with Gasteiger partial charge in [-0.3, -0.25) is 0 Å². The Balaban J connectivity index is 2.20. The van der Waals surface area contributed by atoms with E-state index in [1.165, 1.54) is 0 Å². The van der Waals surface area contributed by atoms with Crippen LogP contribution >= 0.6 is 0 Å². The molecule has 1 saturated heterocycles. The molecule has 1 aliphatic heterocycles. The van der Waals surface area contributed by atoms with Gasteiger partial charge >= 0.3 is 0 Å². The summed E-state index contributed by atoms with van der Waals surface area (Å²) >= 11 is 0. The predicted molar refractivity (Wildman–Crippen MR) is 70.6 cm³/mol. The van der Waals surface area contributed by atoms with Gasteiger partial charge in [-0.1, -0.05) is 0 Å². The molecule has 2 N–H and O–H groups in total. The number of nitrogens with zero attached hydrogens (tertiary/aromatic N) is 1. The number of nitrogens with one attached hydrogen (secondary N) is 2. The molecule has 0 aromatic carbocycles. The van der Waals surface area contributed by atoms with Crippen molar-refractivity contribution in [3.8, 4) is 0 Å². The molecule has 0 spiro atoms. The van der Waals surface area contributed by atoms with Crippen molar-refractivity contribution in [1.29, 1.82) is 0 Å². The Morgan fingerprint density at radius 2 is 2.18 bits per heavy atom. The Morgan fingerprint density at radius 1 is 1.41 bits per heavy atom. The zero-order valence-corrected chi connectivity index (χ0v) is 11.7. The maximum Gasteiger partial charge on any atom is 0.211 e. The van der Waals surface area contributed by atoms with Gasteiger partial charge in [0.25, 0.3) is 0 Å². The van der Waals surface area contributed by atoms with Crippen LogP contribution in [0, 0.1) is 5.92 Å². The SMILES string of the molecule is CN(C)CCCNS(=O)(=O)CC1CCCNC1. The lowest BCUT2D eigenvalue weighted by Gasteiger charge is -2.22. The molecular formula is C11H25N3O2S. The second-order valence-electron chi connectivity index (χ2n) is 5.04. The normalized spacial score (nSPS) is 21.9. The second-order valence-corrected chi connectivity index (χ2v) is 6.90. The second kappa shape index (κ2) is 7.31. The topological polar surface area (TPSA) is 61.4 Å². The third-order valence-corrected chi connectivity index (χ3v) is 4.51. The molecule has 0 aromatic heterocycles. The smallest absolute Gasteiger partial charge is 0.211 e. The van der Waals surface area contributed by atoms with E-state index in [1.54, 1.807) is 0 Å². The predicted octanol–water partition coefficient (Wildman–Crippen LogP) is -0.143. The third-order valence-electron chi connectivity index (χ3n) is 2.96.